The number of aliphatic hydroxyl groups is 1. The summed E-state index contributed by atoms with van der Waals surface area (Å²) in [4.78, 5) is 48.6. The van der Waals surface area contributed by atoms with Crippen molar-refractivity contribution in [1.29, 1.82) is 0 Å². The van der Waals surface area contributed by atoms with E-state index in [-0.39, 0.29) is 35.1 Å². The van der Waals surface area contributed by atoms with Crippen LogP contribution in [0.2, 0.25) is 0 Å². The van der Waals surface area contributed by atoms with Crippen LogP contribution in [0.1, 0.15) is 30.9 Å². The molecule has 1 aromatic carbocycles. The Hall–Kier alpha value is -2.18. The standard InChI is InChI=1S/C32H42BrN3O6S/c1-3-5-9-17-42-31(40)25-26-29(38)36(24(21-37)22-10-7-6-8-11-22)28(32(26)20-23(33)27(25)43-32)30(39)35(12-4-2)14-13-34-15-18-41-19-16-34/h3-4,6-8,10-11,23-28,37H,1-2,5,9,12-21H2/t23?,24-,25+,26+,27+,28?,32?/m1/s1. The summed E-state index contributed by atoms with van der Waals surface area (Å²) in [5.74, 6) is -2.24. The molecule has 4 fully saturated rings. The zero-order valence-corrected chi connectivity index (χ0v) is 26.9. The lowest BCUT2D eigenvalue weighted by Crippen LogP contribution is -2.57. The van der Waals surface area contributed by atoms with Gasteiger partial charge in [0, 0.05) is 42.8 Å². The van der Waals surface area contributed by atoms with Crippen molar-refractivity contribution in [2.45, 2.75) is 46.2 Å². The predicted molar refractivity (Wildman–Crippen MR) is 170 cm³/mol. The van der Waals surface area contributed by atoms with Crippen LogP contribution in [0.5, 0.6) is 0 Å². The molecule has 43 heavy (non-hydrogen) atoms. The largest absolute Gasteiger partial charge is 0.465 e. The highest BCUT2D eigenvalue weighted by Crippen LogP contribution is 2.68. The molecule has 3 unspecified atom stereocenters. The van der Waals surface area contributed by atoms with Crippen LogP contribution < -0.4 is 0 Å². The van der Waals surface area contributed by atoms with Crippen molar-refractivity contribution < 1.29 is 29.0 Å². The Bertz CT molecular complexity index is 1180. The summed E-state index contributed by atoms with van der Waals surface area (Å²) in [6.45, 7) is 12.0. The number of nitrogens with zero attached hydrogens (tertiary/aromatic N) is 3. The van der Waals surface area contributed by atoms with Crippen LogP contribution in [0.3, 0.4) is 0 Å². The Morgan fingerprint density at radius 3 is 2.65 bits per heavy atom. The monoisotopic (exact) mass is 675 g/mol. The van der Waals surface area contributed by atoms with Gasteiger partial charge in [-0.25, -0.2) is 0 Å². The van der Waals surface area contributed by atoms with E-state index in [0.29, 0.717) is 45.7 Å². The molecule has 9 nitrogen and oxygen atoms in total. The van der Waals surface area contributed by atoms with Gasteiger partial charge in [-0.05, 0) is 24.8 Å². The molecule has 4 heterocycles. The van der Waals surface area contributed by atoms with E-state index in [2.05, 4.69) is 34.0 Å². The maximum absolute atomic E-state index is 14.8. The van der Waals surface area contributed by atoms with Crippen LogP contribution in [-0.2, 0) is 23.9 Å². The number of esters is 1. The third-order valence-electron chi connectivity index (χ3n) is 9.17. The number of likely N-dealkylation sites (tertiary alicyclic amines) is 1. The molecule has 0 radical (unpaired) electrons. The smallest absolute Gasteiger partial charge is 0.310 e. The maximum Gasteiger partial charge on any atom is 0.310 e. The summed E-state index contributed by atoms with van der Waals surface area (Å²) in [5, 5.41) is 10.5. The number of ether oxygens (including phenoxy) is 2. The van der Waals surface area contributed by atoms with E-state index >= 15 is 0 Å². The zero-order chi connectivity index (χ0) is 30.6. The van der Waals surface area contributed by atoms with Crippen LogP contribution in [0.15, 0.2) is 55.6 Å². The molecule has 4 aliphatic rings. The Morgan fingerprint density at radius 2 is 1.98 bits per heavy atom. The van der Waals surface area contributed by atoms with Gasteiger partial charge in [-0.15, -0.1) is 24.9 Å². The third kappa shape index (κ3) is 6.20. The average molecular weight is 677 g/mol. The molecule has 1 N–H and O–H groups in total. The van der Waals surface area contributed by atoms with Gasteiger partial charge < -0.3 is 24.4 Å². The molecule has 0 aliphatic carbocycles. The van der Waals surface area contributed by atoms with E-state index < -0.39 is 34.6 Å². The summed E-state index contributed by atoms with van der Waals surface area (Å²) in [5.41, 5.74) is 0.745. The zero-order valence-electron chi connectivity index (χ0n) is 24.5. The van der Waals surface area contributed by atoms with E-state index in [0.717, 1.165) is 25.1 Å². The van der Waals surface area contributed by atoms with Crippen LogP contribution >= 0.6 is 27.7 Å². The first-order chi connectivity index (χ1) is 20.9. The van der Waals surface area contributed by atoms with Gasteiger partial charge in [-0.3, -0.25) is 19.3 Å². The maximum atomic E-state index is 14.8. The molecule has 4 aliphatic heterocycles. The number of amides is 2. The van der Waals surface area contributed by atoms with Crippen molar-refractivity contribution in [3.8, 4) is 0 Å². The molecule has 11 heteroatoms. The number of halogens is 1. The minimum absolute atomic E-state index is 0.0620. The number of fused-ring (bicyclic) bond motifs is 1. The van der Waals surface area contributed by atoms with Crippen molar-refractivity contribution in [2.75, 3.05) is 59.2 Å². The van der Waals surface area contributed by atoms with Crippen LogP contribution in [0, 0.1) is 11.8 Å². The van der Waals surface area contributed by atoms with Crippen molar-refractivity contribution >= 4 is 45.5 Å². The van der Waals surface area contributed by atoms with Crippen molar-refractivity contribution in [2.24, 2.45) is 11.8 Å². The van der Waals surface area contributed by atoms with Gasteiger partial charge in [0.1, 0.15) is 6.04 Å². The van der Waals surface area contributed by atoms with Gasteiger partial charge in [0.2, 0.25) is 11.8 Å². The van der Waals surface area contributed by atoms with Gasteiger partial charge in [0.05, 0.1) is 49.1 Å². The minimum Gasteiger partial charge on any atom is -0.465 e. The number of rotatable bonds is 14. The first kappa shape index (κ1) is 32.2. The van der Waals surface area contributed by atoms with Crippen LogP contribution in [-0.4, -0.2) is 118 Å². The fraction of sp³-hybridized carbons (Fsp3) is 0.594. The highest BCUT2D eigenvalue weighted by molar-refractivity contribution is 9.09. The van der Waals surface area contributed by atoms with Crippen molar-refractivity contribution in [1.82, 2.24) is 14.7 Å². The highest BCUT2D eigenvalue weighted by Gasteiger charge is 2.76. The summed E-state index contributed by atoms with van der Waals surface area (Å²) >= 11 is 5.39. The Labute approximate surface area is 266 Å². The number of unbranched alkanes of at least 4 members (excludes halogenated alkanes) is 1. The molecule has 2 amide bonds. The van der Waals surface area contributed by atoms with E-state index in [4.69, 9.17) is 9.47 Å². The molecule has 2 bridgehead atoms. The molecule has 1 aromatic rings. The van der Waals surface area contributed by atoms with Crippen molar-refractivity contribution in [3.63, 3.8) is 0 Å². The molecular weight excluding hydrogens is 634 g/mol. The number of thioether (sulfide) groups is 1. The number of morpholine rings is 1. The van der Waals surface area contributed by atoms with Gasteiger partial charge in [0.25, 0.3) is 0 Å². The number of benzene rings is 1. The normalized spacial score (nSPS) is 30.6. The first-order valence-corrected chi connectivity index (χ1v) is 16.9. The van der Waals surface area contributed by atoms with Crippen LogP contribution in [0.4, 0.5) is 0 Å². The fourth-order valence-electron chi connectivity index (χ4n) is 7.19. The number of alkyl halides is 1. The number of carbonyl (C=O) groups excluding carboxylic acids is 3. The van der Waals surface area contributed by atoms with E-state index in [1.807, 2.05) is 30.3 Å². The van der Waals surface area contributed by atoms with Crippen molar-refractivity contribution in [3.05, 3.63) is 61.2 Å². The fourth-order valence-corrected chi connectivity index (χ4v) is 10.8. The highest BCUT2D eigenvalue weighted by atomic mass is 79.9. The minimum atomic E-state index is -0.861. The Morgan fingerprint density at radius 1 is 1.23 bits per heavy atom. The molecule has 5 rings (SSSR count). The first-order valence-electron chi connectivity index (χ1n) is 15.1. The Kier molecular flexibility index (Phi) is 10.7. The second kappa shape index (κ2) is 14.3. The summed E-state index contributed by atoms with van der Waals surface area (Å²) in [6.07, 6.45) is 5.45. The molecule has 0 aromatic heterocycles. The van der Waals surface area contributed by atoms with E-state index in [1.165, 1.54) is 0 Å². The lowest BCUT2D eigenvalue weighted by atomic mass is 9.71. The lowest BCUT2D eigenvalue weighted by molar-refractivity contribution is -0.154. The van der Waals surface area contributed by atoms with Gasteiger partial charge in [-0.1, -0.05) is 58.4 Å². The second-order valence-electron chi connectivity index (χ2n) is 11.6. The number of carbonyl (C=O) groups is 3. The van der Waals surface area contributed by atoms with E-state index in [9.17, 15) is 19.5 Å². The predicted octanol–water partition coefficient (Wildman–Crippen LogP) is 3.04. The van der Waals surface area contributed by atoms with Gasteiger partial charge in [-0.2, -0.15) is 0 Å². The SMILES string of the molecule is C=CCCCOC(=O)[C@H]1[C@H]2C(=O)N([C@H](CO)c3ccccc3)C(C(=O)N(CC=C)CCN3CCOCC3)C23CC(Br)[C@@H]1S3. The topological polar surface area (TPSA) is 99.6 Å². The molecule has 234 valence electrons. The Balaban J connectivity index is 1.51. The molecule has 1 spiro atoms. The molecule has 7 atom stereocenters. The summed E-state index contributed by atoms with van der Waals surface area (Å²) in [6, 6.07) is 7.74. The number of allylic oxidation sites excluding steroid dienone is 1. The third-order valence-corrected chi connectivity index (χ3v) is 12.4. The quantitative estimate of drug-likeness (QED) is 0.139. The summed E-state index contributed by atoms with van der Waals surface area (Å²) in [7, 11) is 0. The van der Waals surface area contributed by atoms with Gasteiger partial charge >= 0.3 is 5.97 Å². The number of hydrogen-bond acceptors (Lipinski definition) is 8. The van der Waals surface area contributed by atoms with Gasteiger partial charge in [0.15, 0.2) is 0 Å². The number of hydrogen-bond donors (Lipinski definition) is 1. The molecule has 0 saturated carbocycles. The molecule has 4 saturated heterocycles. The lowest BCUT2D eigenvalue weighted by Gasteiger charge is -2.40. The molecular formula is C32H42BrN3O6S. The average Bonchev–Trinajstić information content (AvgIpc) is 3.62. The van der Waals surface area contributed by atoms with Crippen LogP contribution in [0.25, 0.3) is 0 Å². The summed E-state index contributed by atoms with van der Waals surface area (Å²) < 4.78 is 10.4. The number of aliphatic hydroxyl groups excluding tert-OH is 1. The second-order valence-corrected chi connectivity index (χ2v) is 14.4. The van der Waals surface area contributed by atoms with E-state index in [1.54, 1.807) is 33.7 Å².